The third kappa shape index (κ3) is 3.72. The Morgan fingerprint density at radius 3 is 2.79 bits per heavy atom. The minimum absolute atomic E-state index is 0.194. The Kier molecular flexibility index (Phi) is 5.08. The molecule has 1 aromatic carbocycles. The molecule has 1 atom stereocenters. The van der Waals surface area contributed by atoms with E-state index in [1.165, 1.54) is 16.7 Å². The Morgan fingerprint density at radius 2 is 2.04 bits per heavy atom. The number of nitrogens with one attached hydrogen (secondary N) is 1. The van der Waals surface area contributed by atoms with Crippen LogP contribution in [0.1, 0.15) is 42.0 Å². The molecule has 1 fully saturated rings. The predicted molar refractivity (Wildman–Crippen MR) is 94.7 cm³/mol. The molecule has 126 valence electrons. The Balaban J connectivity index is 1.60. The van der Waals surface area contributed by atoms with Gasteiger partial charge in [0.05, 0.1) is 6.04 Å². The summed E-state index contributed by atoms with van der Waals surface area (Å²) in [4.78, 5) is 22.9. The molecule has 5 heteroatoms. The van der Waals surface area contributed by atoms with E-state index in [1.807, 2.05) is 4.90 Å². The molecule has 1 aliphatic heterocycles. The summed E-state index contributed by atoms with van der Waals surface area (Å²) in [6.07, 6.45) is 5.95. The van der Waals surface area contributed by atoms with Gasteiger partial charge in [-0.2, -0.15) is 0 Å². The van der Waals surface area contributed by atoms with E-state index in [2.05, 4.69) is 47.3 Å². The Bertz CT molecular complexity index is 702. The topological polar surface area (TPSA) is 58.1 Å². The first-order chi connectivity index (χ1) is 11.6. The largest absolute Gasteiger partial charge is 0.354 e. The Morgan fingerprint density at radius 1 is 1.25 bits per heavy atom. The van der Waals surface area contributed by atoms with E-state index in [0.717, 1.165) is 19.4 Å². The molecule has 1 aliphatic rings. The number of aryl methyl sites for hydroxylation is 2. The highest BCUT2D eigenvalue weighted by molar-refractivity contribution is 5.77. The molecule has 2 heterocycles. The summed E-state index contributed by atoms with van der Waals surface area (Å²) in [6.45, 7) is 5.65. The predicted octanol–water partition coefficient (Wildman–Crippen LogP) is 3.26. The third-order valence-electron chi connectivity index (χ3n) is 4.68. The van der Waals surface area contributed by atoms with E-state index in [9.17, 15) is 4.79 Å². The van der Waals surface area contributed by atoms with Gasteiger partial charge in [-0.15, -0.1) is 0 Å². The minimum Gasteiger partial charge on any atom is -0.354 e. The van der Waals surface area contributed by atoms with Crippen molar-refractivity contribution in [1.82, 2.24) is 14.9 Å². The van der Waals surface area contributed by atoms with Crippen molar-refractivity contribution >= 4 is 11.9 Å². The van der Waals surface area contributed by atoms with Gasteiger partial charge in [-0.05, 0) is 49.4 Å². The van der Waals surface area contributed by atoms with Crippen LogP contribution in [0.5, 0.6) is 0 Å². The van der Waals surface area contributed by atoms with Crippen molar-refractivity contribution in [2.45, 2.75) is 39.2 Å². The highest BCUT2D eigenvalue weighted by atomic mass is 16.2. The van der Waals surface area contributed by atoms with E-state index < -0.39 is 0 Å². The van der Waals surface area contributed by atoms with Crippen LogP contribution >= 0.6 is 0 Å². The lowest BCUT2D eigenvalue weighted by Crippen LogP contribution is -2.31. The summed E-state index contributed by atoms with van der Waals surface area (Å²) in [5.74, 6) is 0.761. The zero-order valence-corrected chi connectivity index (χ0v) is 14.3. The maximum Gasteiger partial charge on any atom is 0.224 e. The molecule has 0 saturated carbocycles. The van der Waals surface area contributed by atoms with Gasteiger partial charge in [0, 0.05) is 31.9 Å². The third-order valence-corrected chi connectivity index (χ3v) is 4.68. The van der Waals surface area contributed by atoms with Gasteiger partial charge in [-0.3, -0.25) is 4.79 Å². The molecule has 1 saturated heterocycles. The molecule has 1 aromatic heterocycles. The number of benzene rings is 1. The van der Waals surface area contributed by atoms with Crippen molar-refractivity contribution in [2.24, 2.45) is 0 Å². The van der Waals surface area contributed by atoms with Crippen LogP contribution in [0, 0.1) is 13.8 Å². The first-order valence-corrected chi connectivity index (χ1v) is 8.52. The summed E-state index contributed by atoms with van der Waals surface area (Å²) in [5.41, 5.74) is 3.83. The Hall–Kier alpha value is -2.43. The van der Waals surface area contributed by atoms with E-state index in [1.54, 1.807) is 18.5 Å². The monoisotopic (exact) mass is 324 g/mol. The maximum absolute atomic E-state index is 12.6. The molecule has 1 amide bonds. The molecule has 1 N–H and O–H groups in total. The highest BCUT2D eigenvalue weighted by Crippen LogP contribution is 2.33. The minimum atomic E-state index is 0.194. The second kappa shape index (κ2) is 7.43. The van der Waals surface area contributed by atoms with Crippen LogP contribution in [0.25, 0.3) is 0 Å². The molecule has 3 rings (SSSR count). The SMILES string of the molecule is Cc1ccc([C@H]2CCCN2C(=O)CCNc2ncccn2)cc1C. The normalized spacial score (nSPS) is 17.1. The van der Waals surface area contributed by atoms with Crippen LogP contribution in [0.4, 0.5) is 5.95 Å². The van der Waals surface area contributed by atoms with E-state index >= 15 is 0 Å². The number of likely N-dealkylation sites (tertiary alicyclic amines) is 1. The Labute approximate surface area is 143 Å². The number of rotatable bonds is 5. The van der Waals surface area contributed by atoms with Crippen molar-refractivity contribution in [1.29, 1.82) is 0 Å². The first kappa shape index (κ1) is 16.4. The van der Waals surface area contributed by atoms with Crippen molar-refractivity contribution in [2.75, 3.05) is 18.4 Å². The van der Waals surface area contributed by atoms with Crippen molar-refractivity contribution in [3.05, 3.63) is 53.3 Å². The molecule has 2 aromatic rings. The molecular formula is C19H24N4O. The number of carbonyl (C=O) groups is 1. The van der Waals surface area contributed by atoms with Crippen LogP contribution in [-0.2, 0) is 4.79 Å². The maximum atomic E-state index is 12.6. The van der Waals surface area contributed by atoms with Gasteiger partial charge in [0.1, 0.15) is 0 Å². The van der Waals surface area contributed by atoms with Gasteiger partial charge in [0.25, 0.3) is 0 Å². The smallest absolute Gasteiger partial charge is 0.224 e. The number of amides is 1. The molecule has 24 heavy (non-hydrogen) atoms. The van der Waals surface area contributed by atoms with Crippen LogP contribution in [0.2, 0.25) is 0 Å². The summed E-state index contributed by atoms with van der Waals surface area (Å²) in [7, 11) is 0. The van der Waals surface area contributed by atoms with Crippen LogP contribution in [0.3, 0.4) is 0 Å². The van der Waals surface area contributed by atoms with E-state index in [-0.39, 0.29) is 11.9 Å². The molecule has 0 aliphatic carbocycles. The van der Waals surface area contributed by atoms with E-state index in [0.29, 0.717) is 18.9 Å². The van der Waals surface area contributed by atoms with Crippen molar-refractivity contribution in [3.63, 3.8) is 0 Å². The summed E-state index contributed by atoms with van der Waals surface area (Å²) < 4.78 is 0. The van der Waals surface area contributed by atoms with Crippen molar-refractivity contribution in [3.8, 4) is 0 Å². The van der Waals surface area contributed by atoms with Gasteiger partial charge in [-0.1, -0.05) is 18.2 Å². The summed E-state index contributed by atoms with van der Waals surface area (Å²) >= 11 is 0. The number of carbonyl (C=O) groups excluding carboxylic acids is 1. The zero-order valence-electron chi connectivity index (χ0n) is 14.3. The number of aromatic nitrogens is 2. The molecule has 0 spiro atoms. The average molecular weight is 324 g/mol. The molecular weight excluding hydrogens is 300 g/mol. The lowest BCUT2D eigenvalue weighted by molar-refractivity contribution is -0.131. The number of hydrogen-bond donors (Lipinski definition) is 1. The summed E-state index contributed by atoms with van der Waals surface area (Å²) in [5, 5.41) is 3.10. The zero-order chi connectivity index (χ0) is 16.9. The quantitative estimate of drug-likeness (QED) is 0.917. The fourth-order valence-electron chi connectivity index (χ4n) is 3.20. The fourth-order valence-corrected chi connectivity index (χ4v) is 3.20. The number of nitrogens with zero attached hydrogens (tertiary/aromatic N) is 3. The van der Waals surface area contributed by atoms with E-state index in [4.69, 9.17) is 0 Å². The van der Waals surface area contributed by atoms with Crippen LogP contribution < -0.4 is 5.32 Å². The molecule has 5 nitrogen and oxygen atoms in total. The van der Waals surface area contributed by atoms with Crippen LogP contribution in [-0.4, -0.2) is 33.9 Å². The number of hydrogen-bond acceptors (Lipinski definition) is 4. The van der Waals surface area contributed by atoms with Gasteiger partial charge < -0.3 is 10.2 Å². The lowest BCUT2D eigenvalue weighted by atomic mass is 9.99. The second-order valence-electron chi connectivity index (χ2n) is 6.34. The molecule has 0 unspecified atom stereocenters. The molecule has 0 radical (unpaired) electrons. The van der Waals surface area contributed by atoms with Gasteiger partial charge >= 0.3 is 0 Å². The lowest BCUT2D eigenvalue weighted by Gasteiger charge is -2.26. The van der Waals surface area contributed by atoms with Gasteiger partial charge in [0.15, 0.2) is 0 Å². The summed E-state index contributed by atoms with van der Waals surface area (Å²) in [6, 6.07) is 8.52. The van der Waals surface area contributed by atoms with Crippen LogP contribution in [0.15, 0.2) is 36.7 Å². The standard InChI is InChI=1S/C19H24N4O/c1-14-6-7-16(13-15(14)2)17-5-3-12-23(17)18(24)8-11-22-19-20-9-4-10-21-19/h4,6-7,9-10,13,17H,3,5,8,11-12H2,1-2H3,(H,20,21,22)/t17-/m1/s1. The number of anilines is 1. The average Bonchev–Trinajstić information content (AvgIpc) is 3.08. The van der Waals surface area contributed by atoms with Crippen molar-refractivity contribution < 1.29 is 4.79 Å². The van der Waals surface area contributed by atoms with Gasteiger partial charge in [0.2, 0.25) is 11.9 Å². The second-order valence-corrected chi connectivity index (χ2v) is 6.34. The molecule has 0 bridgehead atoms. The fraction of sp³-hybridized carbons (Fsp3) is 0.421. The highest BCUT2D eigenvalue weighted by Gasteiger charge is 2.29. The first-order valence-electron chi connectivity index (χ1n) is 8.52. The van der Waals surface area contributed by atoms with Gasteiger partial charge in [-0.25, -0.2) is 9.97 Å².